The third-order valence-electron chi connectivity index (χ3n) is 2.84. The molecular formula is C15H26O2. The number of hydrogen-bond acceptors (Lipinski definition) is 2. The lowest BCUT2D eigenvalue weighted by molar-refractivity contribution is -0.114. The lowest BCUT2D eigenvalue weighted by Gasteiger charge is -2.19. The average molecular weight is 238 g/mol. The predicted molar refractivity (Wildman–Crippen MR) is 73.0 cm³/mol. The predicted octanol–water partition coefficient (Wildman–Crippen LogP) is 3.80. The van der Waals surface area contributed by atoms with Crippen molar-refractivity contribution in [1.82, 2.24) is 0 Å². The Hall–Kier alpha value is -0.890. The molecule has 0 saturated heterocycles. The number of allylic oxidation sites excluding steroid dienone is 4. The molecule has 0 aliphatic carbocycles. The molecule has 0 unspecified atom stereocenters. The van der Waals surface area contributed by atoms with Gasteiger partial charge < -0.3 is 5.11 Å². The summed E-state index contributed by atoms with van der Waals surface area (Å²) in [5.41, 5.74) is 1.54. The molecule has 1 atom stereocenters. The molecule has 0 aliphatic heterocycles. The van der Waals surface area contributed by atoms with Crippen LogP contribution in [0.1, 0.15) is 60.3 Å². The van der Waals surface area contributed by atoms with Gasteiger partial charge in [0, 0.05) is 6.42 Å². The van der Waals surface area contributed by atoms with Gasteiger partial charge in [0.25, 0.3) is 0 Å². The van der Waals surface area contributed by atoms with Crippen molar-refractivity contribution < 1.29 is 9.90 Å². The zero-order valence-electron chi connectivity index (χ0n) is 11.8. The molecule has 0 radical (unpaired) electrons. The lowest BCUT2D eigenvalue weighted by atomic mass is 9.96. The van der Waals surface area contributed by atoms with Gasteiger partial charge in [0.15, 0.2) is 5.78 Å². The molecule has 0 aromatic carbocycles. The van der Waals surface area contributed by atoms with Crippen LogP contribution in [0.5, 0.6) is 0 Å². The van der Waals surface area contributed by atoms with Crippen molar-refractivity contribution in [3.8, 4) is 0 Å². The molecule has 2 heteroatoms. The van der Waals surface area contributed by atoms with E-state index in [2.05, 4.69) is 6.08 Å². The molecule has 2 nitrogen and oxygen atoms in total. The largest absolute Gasteiger partial charge is 0.390 e. The highest BCUT2D eigenvalue weighted by Crippen LogP contribution is 2.17. The Kier molecular flexibility index (Phi) is 7.05. The van der Waals surface area contributed by atoms with Crippen LogP contribution in [0.3, 0.4) is 0 Å². The molecule has 0 aromatic rings. The van der Waals surface area contributed by atoms with Gasteiger partial charge in [-0.25, -0.2) is 0 Å². The maximum Gasteiger partial charge on any atom is 0.159 e. The highest BCUT2D eigenvalue weighted by atomic mass is 16.3. The van der Waals surface area contributed by atoms with Gasteiger partial charge in [-0.05, 0) is 53.0 Å². The van der Waals surface area contributed by atoms with Gasteiger partial charge in [-0.1, -0.05) is 24.1 Å². The SMILES string of the molecule is CC[C@@](C)(O)CCC=C(C)CC(=O)C=C(C)C. The van der Waals surface area contributed by atoms with E-state index in [0.29, 0.717) is 6.42 Å². The second kappa shape index (κ2) is 7.44. The van der Waals surface area contributed by atoms with Gasteiger partial charge in [0.05, 0.1) is 5.60 Å². The quantitative estimate of drug-likeness (QED) is 0.541. The summed E-state index contributed by atoms with van der Waals surface area (Å²) in [6.45, 7) is 9.65. The van der Waals surface area contributed by atoms with Gasteiger partial charge in [0.2, 0.25) is 0 Å². The highest BCUT2D eigenvalue weighted by Gasteiger charge is 2.15. The van der Waals surface area contributed by atoms with E-state index >= 15 is 0 Å². The van der Waals surface area contributed by atoms with Crippen LogP contribution in [-0.2, 0) is 4.79 Å². The van der Waals surface area contributed by atoms with E-state index in [1.807, 2.05) is 34.6 Å². The van der Waals surface area contributed by atoms with Crippen LogP contribution in [0.4, 0.5) is 0 Å². The molecule has 98 valence electrons. The minimum atomic E-state index is -0.583. The number of aliphatic hydroxyl groups is 1. The fourth-order valence-corrected chi connectivity index (χ4v) is 1.53. The Labute approximate surface area is 105 Å². The van der Waals surface area contributed by atoms with E-state index in [0.717, 1.165) is 30.4 Å². The Morgan fingerprint density at radius 1 is 1.29 bits per heavy atom. The minimum Gasteiger partial charge on any atom is -0.390 e. The van der Waals surface area contributed by atoms with Crippen molar-refractivity contribution in [2.75, 3.05) is 0 Å². The third-order valence-corrected chi connectivity index (χ3v) is 2.84. The van der Waals surface area contributed by atoms with Crippen molar-refractivity contribution in [1.29, 1.82) is 0 Å². The molecule has 0 bridgehead atoms. The molecule has 0 saturated carbocycles. The summed E-state index contributed by atoms with van der Waals surface area (Å²) in [5.74, 6) is 0.154. The number of carbonyl (C=O) groups excluding carboxylic acids is 1. The summed E-state index contributed by atoms with van der Waals surface area (Å²) in [4.78, 5) is 11.5. The van der Waals surface area contributed by atoms with Crippen molar-refractivity contribution in [3.63, 3.8) is 0 Å². The second-order valence-electron chi connectivity index (χ2n) is 5.30. The van der Waals surface area contributed by atoms with Crippen LogP contribution in [0.15, 0.2) is 23.3 Å². The summed E-state index contributed by atoms with van der Waals surface area (Å²) in [7, 11) is 0. The van der Waals surface area contributed by atoms with Crippen LogP contribution < -0.4 is 0 Å². The zero-order valence-corrected chi connectivity index (χ0v) is 11.8. The minimum absolute atomic E-state index is 0.154. The van der Waals surface area contributed by atoms with Crippen LogP contribution in [0, 0.1) is 0 Å². The standard InChI is InChI=1S/C15H26O2/c1-6-15(5,17)9-7-8-13(4)11-14(16)10-12(2)3/h8,10,17H,6-7,9,11H2,1-5H3/t15-/m1/s1. The Morgan fingerprint density at radius 2 is 1.88 bits per heavy atom. The topological polar surface area (TPSA) is 37.3 Å². The highest BCUT2D eigenvalue weighted by molar-refractivity contribution is 5.91. The van der Waals surface area contributed by atoms with E-state index in [1.54, 1.807) is 6.08 Å². The van der Waals surface area contributed by atoms with Crippen LogP contribution >= 0.6 is 0 Å². The average Bonchev–Trinajstić information content (AvgIpc) is 2.15. The van der Waals surface area contributed by atoms with Gasteiger partial charge in [-0.15, -0.1) is 0 Å². The fraction of sp³-hybridized carbons (Fsp3) is 0.667. The number of hydrogen-bond donors (Lipinski definition) is 1. The fourth-order valence-electron chi connectivity index (χ4n) is 1.53. The van der Waals surface area contributed by atoms with Crippen molar-refractivity contribution in [2.24, 2.45) is 0 Å². The van der Waals surface area contributed by atoms with E-state index in [4.69, 9.17) is 0 Å². The number of rotatable bonds is 7. The molecule has 1 N–H and O–H groups in total. The molecule has 17 heavy (non-hydrogen) atoms. The molecule has 0 rings (SSSR count). The first kappa shape index (κ1) is 16.1. The summed E-state index contributed by atoms with van der Waals surface area (Å²) < 4.78 is 0. The van der Waals surface area contributed by atoms with E-state index in [9.17, 15) is 9.90 Å². The maximum absolute atomic E-state index is 11.5. The molecule has 0 fully saturated rings. The lowest BCUT2D eigenvalue weighted by Crippen LogP contribution is -2.21. The third kappa shape index (κ3) is 8.87. The van der Waals surface area contributed by atoms with Crippen molar-refractivity contribution in [3.05, 3.63) is 23.3 Å². The molecule has 0 aliphatic rings. The monoisotopic (exact) mass is 238 g/mol. The van der Waals surface area contributed by atoms with E-state index in [1.165, 1.54) is 0 Å². The van der Waals surface area contributed by atoms with Gasteiger partial charge in [-0.3, -0.25) is 4.79 Å². The van der Waals surface area contributed by atoms with E-state index in [-0.39, 0.29) is 5.78 Å². The van der Waals surface area contributed by atoms with E-state index < -0.39 is 5.60 Å². The van der Waals surface area contributed by atoms with Gasteiger partial charge in [-0.2, -0.15) is 0 Å². The van der Waals surface area contributed by atoms with Crippen LogP contribution in [0.25, 0.3) is 0 Å². The normalized spacial score (nSPS) is 15.3. The number of carbonyl (C=O) groups is 1. The Bertz CT molecular complexity index is 305. The summed E-state index contributed by atoms with van der Waals surface area (Å²) in [6.07, 6.45) is 6.56. The Morgan fingerprint density at radius 3 is 2.35 bits per heavy atom. The van der Waals surface area contributed by atoms with Crippen molar-refractivity contribution >= 4 is 5.78 Å². The number of ketones is 1. The first-order chi connectivity index (χ1) is 7.76. The molecular weight excluding hydrogens is 212 g/mol. The molecule has 0 aromatic heterocycles. The second-order valence-corrected chi connectivity index (χ2v) is 5.30. The maximum atomic E-state index is 11.5. The molecule has 0 amide bonds. The van der Waals surface area contributed by atoms with Crippen molar-refractivity contribution in [2.45, 2.75) is 65.9 Å². The first-order valence-electron chi connectivity index (χ1n) is 6.32. The van der Waals surface area contributed by atoms with Crippen LogP contribution in [-0.4, -0.2) is 16.5 Å². The smallest absolute Gasteiger partial charge is 0.159 e. The molecule has 0 heterocycles. The zero-order chi connectivity index (χ0) is 13.5. The summed E-state index contributed by atoms with van der Waals surface area (Å²) in [5, 5.41) is 9.83. The first-order valence-corrected chi connectivity index (χ1v) is 6.32. The van der Waals surface area contributed by atoms with Crippen LogP contribution in [0.2, 0.25) is 0 Å². The summed E-state index contributed by atoms with van der Waals surface area (Å²) >= 11 is 0. The Balaban J connectivity index is 4.12. The molecule has 0 spiro atoms. The van der Waals surface area contributed by atoms with Gasteiger partial charge in [0.1, 0.15) is 0 Å². The summed E-state index contributed by atoms with van der Waals surface area (Å²) in [6, 6.07) is 0. The van der Waals surface area contributed by atoms with Gasteiger partial charge >= 0.3 is 0 Å².